The summed E-state index contributed by atoms with van der Waals surface area (Å²) in [7, 11) is 0. The summed E-state index contributed by atoms with van der Waals surface area (Å²) < 4.78 is 5.49. The van der Waals surface area contributed by atoms with Crippen molar-refractivity contribution in [2.45, 2.75) is 19.1 Å². The first kappa shape index (κ1) is 9.35. The van der Waals surface area contributed by atoms with Gasteiger partial charge in [-0.3, -0.25) is 0 Å². The molecule has 2 heterocycles. The number of morpholine rings is 1. The zero-order valence-corrected chi connectivity index (χ0v) is 7.92. The molecule has 0 aromatic carbocycles. The van der Waals surface area contributed by atoms with Crippen LogP contribution in [0.3, 0.4) is 0 Å². The Morgan fingerprint density at radius 2 is 2.50 bits per heavy atom. The molecule has 1 aromatic rings. The number of aromatic nitrogens is 4. The Kier molecular flexibility index (Phi) is 2.60. The van der Waals surface area contributed by atoms with Crippen LogP contribution >= 0.6 is 0 Å². The first-order valence-corrected chi connectivity index (χ1v) is 4.54. The molecular weight excluding hydrogens is 186 g/mol. The van der Waals surface area contributed by atoms with Gasteiger partial charge in [0.25, 0.3) is 5.95 Å². The molecule has 2 rings (SSSR count). The number of rotatable bonds is 2. The SMILES string of the molecule is CC1CN(c2nn[nH]n2)CC(CO)O1. The van der Waals surface area contributed by atoms with Gasteiger partial charge >= 0.3 is 0 Å². The topological polar surface area (TPSA) is 87.2 Å². The van der Waals surface area contributed by atoms with E-state index in [0.29, 0.717) is 12.5 Å². The number of anilines is 1. The maximum atomic E-state index is 9.01. The smallest absolute Gasteiger partial charge is 0.265 e. The number of nitrogens with one attached hydrogen (secondary N) is 1. The van der Waals surface area contributed by atoms with Crippen molar-refractivity contribution in [2.75, 3.05) is 24.6 Å². The van der Waals surface area contributed by atoms with Crippen molar-refractivity contribution in [3.05, 3.63) is 0 Å². The standard InChI is InChI=1S/C7H13N5O2/c1-5-2-12(3-6(4-13)14-5)7-8-10-11-9-7/h5-6,13H,2-4H2,1H3,(H,8,9,10,11). The Balaban J connectivity index is 2.05. The lowest BCUT2D eigenvalue weighted by molar-refractivity contribution is -0.0425. The molecule has 7 heteroatoms. The third-order valence-electron chi connectivity index (χ3n) is 2.15. The fourth-order valence-electron chi connectivity index (χ4n) is 1.60. The molecule has 0 aliphatic carbocycles. The van der Waals surface area contributed by atoms with Crippen molar-refractivity contribution in [3.8, 4) is 0 Å². The largest absolute Gasteiger partial charge is 0.394 e. The fraction of sp³-hybridized carbons (Fsp3) is 0.857. The van der Waals surface area contributed by atoms with Crippen molar-refractivity contribution in [1.29, 1.82) is 0 Å². The number of H-pyrrole nitrogens is 1. The second-order valence-electron chi connectivity index (χ2n) is 3.37. The van der Waals surface area contributed by atoms with Crippen LogP contribution in [0.5, 0.6) is 0 Å². The van der Waals surface area contributed by atoms with Crippen molar-refractivity contribution < 1.29 is 9.84 Å². The lowest BCUT2D eigenvalue weighted by Crippen LogP contribution is -2.48. The van der Waals surface area contributed by atoms with Gasteiger partial charge in [0.1, 0.15) is 0 Å². The minimum atomic E-state index is -0.169. The Morgan fingerprint density at radius 1 is 1.64 bits per heavy atom. The number of hydrogen-bond donors (Lipinski definition) is 2. The van der Waals surface area contributed by atoms with Gasteiger partial charge in [-0.15, -0.1) is 5.10 Å². The summed E-state index contributed by atoms with van der Waals surface area (Å²) in [5, 5.41) is 22.7. The van der Waals surface area contributed by atoms with Crippen LogP contribution in [-0.2, 0) is 4.74 Å². The summed E-state index contributed by atoms with van der Waals surface area (Å²) in [6.07, 6.45) is -0.100. The minimum Gasteiger partial charge on any atom is -0.394 e. The van der Waals surface area contributed by atoms with Gasteiger partial charge in [0.05, 0.1) is 18.8 Å². The zero-order chi connectivity index (χ0) is 9.97. The number of nitrogens with zero attached hydrogens (tertiary/aromatic N) is 4. The van der Waals surface area contributed by atoms with Gasteiger partial charge in [-0.05, 0) is 12.1 Å². The van der Waals surface area contributed by atoms with Gasteiger partial charge in [0.2, 0.25) is 0 Å². The number of aliphatic hydroxyl groups is 1. The number of aromatic amines is 1. The lowest BCUT2D eigenvalue weighted by atomic mass is 10.2. The molecule has 1 aliphatic rings. The third-order valence-corrected chi connectivity index (χ3v) is 2.15. The van der Waals surface area contributed by atoms with Gasteiger partial charge in [0, 0.05) is 13.1 Å². The van der Waals surface area contributed by atoms with E-state index >= 15 is 0 Å². The average Bonchev–Trinajstić information content (AvgIpc) is 2.69. The highest BCUT2D eigenvalue weighted by Gasteiger charge is 2.26. The summed E-state index contributed by atoms with van der Waals surface area (Å²) >= 11 is 0. The highest BCUT2D eigenvalue weighted by Crippen LogP contribution is 2.14. The van der Waals surface area contributed by atoms with Crippen molar-refractivity contribution in [3.63, 3.8) is 0 Å². The molecule has 1 saturated heterocycles. The summed E-state index contributed by atoms with van der Waals surface area (Å²) in [5.41, 5.74) is 0. The first-order valence-electron chi connectivity index (χ1n) is 4.54. The first-order chi connectivity index (χ1) is 6.79. The molecular formula is C7H13N5O2. The number of tetrazole rings is 1. The summed E-state index contributed by atoms with van der Waals surface area (Å²) in [5.74, 6) is 0.554. The average molecular weight is 199 g/mol. The Bertz CT molecular complexity index is 278. The molecule has 0 radical (unpaired) electrons. The van der Waals surface area contributed by atoms with Gasteiger partial charge in [-0.1, -0.05) is 5.10 Å². The Labute approximate surface area is 81.1 Å². The van der Waals surface area contributed by atoms with Crippen LogP contribution in [0.15, 0.2) is 0 Å². The molecule has 2 atom stereocenters. The highest BCUT2D eigenvalue weighted by atomic mass is 16.5. The van der Waals surface area contributed by atoms with Crippen LogP contribution in [0.2, 0.25) is 0 Å². The molecule has 2 N–H and O–H groups in total. The van der Waals surface area contributed by atoms with Crippen LogP contribution in [0.4, 0.5) is 5.95 Å². The molecule has 2 unspecified atom stereocenters. The van der Waals surface area contributed by atoms with E-state index in [1.165, 1.54) is 0 Å². The second kappa shape index (κ2) is 3.89. The molecule has 7 nitrogen and oxygen atoms in total. The van der Waals surface area contributed by atoms with E-state index in [0.717, 1.165) is 6.54 Å². The number of aliphatic hydroxyl groups excluding tert-OH is 1. The molecule has 1 fully saturated rings. The fourth-order valence-corrected chi connectivity index (χ4v) is 1.60. The lowest BCUT2D eigenvalue weighted by Gasteiger charge is -2.35. The predicted octanol–water partition coefficient (Wildman–Crippen LogP) is -1.21. The van der Waals surface area contributed by atoms with Crippen LogP contribution in [0, 0.1) is 0 Å². The van der Waals surface area contributed by atoms with Crippen LogP contribution in [0.25, 0.3) is 0 Å². The molecule has 0 saturated carbocycles. The zero-order valence-electron chi connectivity index (χ0n) is 7.92. The molecule has 0 bridgehead atoms. The molecule has 0 spiro atoms. The molecule has 1 aromatic heterocycles. The van der Waals surface area contributed by atoms with Gasteiger partial charge in [-0.25, -0.2) is 0 Å². The summed E-state index contributed by atoms with van der Waals surface area (Å²) in [4.78, 5) is 1.94. The van der Waals surface area contributed by atoms with Gasteiger partial charge < -0.3 is 14.7 Å². The Hall–Kier alpha value is -1.21. The number of hydrogen-bond acceptors (Lipinski definition) is 6. The molecule has 78 valence electrons. The van der Waals surface area contributed by atoms with Crippen LogP contribution in [0.1, 0.15) is 6.92 Å². The minimum absolute atomic E-state index is 0.0126. The van der Waals surface area contributed by atoms with Crippen LogP contribution < -0.4 is 4.90 Å². The molecule has 14 heavy (non-hydrogen) atoms. The monoisotopic (exact) mass is 199 g/mol. The van der Waals surface area contributed by atoms with E-state index in [2.05, 4.69) is 20.6 Å². The number of ether oxygens (including phenoxy) is 1. The summed E-state index contributed by atoms with van der Waals surface area (Å²) in [6, 6.07) is 0. The predicted molar refractivity (Wildman–Crippen MR) is 47.8 cm³/mol. The summed E-state index contributed by atoms with van der Waals surface area (Å²) in [6.45, 7) is 3.28. The maximum Gasteiger partial charge on any atom is 0.265 e. The normalized spacial score (nSPS) is 28.0. The molecule has 1 aliphatic heterocycles. The van der Waals surface area contributed by atoms with Crippen molar-refractivity contribution in [1.82, 2.24) is 20.6 Å². The third kappa shape index (κ3) is 1.83. The second-order valence-corrected chi connectivity index (χ2v) is 3.37. The van der Waals surface area contributed by atoms with Crippen molar-refractivity contribution >= 4 is 5.95 Å². The van der Waals surface area contributed by atoms with Crippen LogP contribution in [-0.4, -0.2) is 57.6 Å². The van der Waals surface area contributed by atoms with E-state index in [9.17, 15) is 0 Å². The van der Waals surface area contributed by atoms with Gasteiger partial charge in [0.15, 0.2) is 0 Å². The van der Waals surface area contributed by atoms with E-state index in [1.54, 1.807) is 0 Å². The maximum absolute atomic E-state index is 9.01. The quantitative estimate of drug-likeness (QED) is 0.621. The Morgan fingerprint density at radius 3 is 3.14 bits per heavy atom. The highest BCUT2D eigenvalue weighted by molar-refractivity contribution is 5.27. The van der Waals surface area contributed by atoms with E-state index < -0.39 is 0 Å². The van der Waals surface area contributed by atoms with E-state index in [1.807, 2.05) is 11.8 Å². The molecule has 0 amide bonds. The van der Waals surface area contributed by atoms with E-state index in [-0.39, 0.29) is 18.8 Å². The van der Waals surface area contributed by atoms with E-state index in [4.69, 9.17) is 9.84 Å². The van der Waals surface area contributed by atoms with Crippen molar-refractivity contribution in [2.24, 2.45) is 0 Å². The van der Waals surface area contributed by atoms with Gasteiger partial charge in [-0.2, -0.15) is 5.21 Å².